The third-order valence-electron chi connectivity index (χ3n) is 5.76. The highest BCUT2D eigenvalue weighted by molar-refractivity contribution is 6.46. The Bertz CT molecular complexity index is 1190. The Kier molecular flexibility index (Phi) is 6.36. The first kappa shape index (κ1) is 22.4. The van der Waals surface area contributed by atoms with Crippen LogP contribution >= 0.6 is 0 Å². The van der Waals surface area contributed by atoms with Gasteiger partial charge in [0.15, 0.2) is 0 Å². The lowest BCUT2D eigenvalue weighted by Crippen LogP contribution is -2.29. The summed E-state index contributed by atoms with van der Waals surface area (Å²) in [7, 11) is 0. The quantitative estimate of drug-likeness (QED) is 0.303. The summed E-state index contributed by atoms with van der Waals surface area (Å²) in [6.07, 6.45) is 2.41. The van der Waals surface area contributed by atoms with Gasteiger partial charge >= 0.3 is 0 Å². The zero-order chi connectivity index (χ0) is 23.5. The Balaban J connectivity index is 1.83. The number of hydrogen-bond acceptors (Lipinski definition) is 5. The number of ether oxygens (including phenoxy) is 1. The average Bonchev–Trinajstić information content (AvgIpc) is 3.41. The first-order valence-electron chi connectivity index (χ1n) is 11.0. The molecule has 1 aliphatic rings. The van der Waals surface area contributed by atoms with E-state index in [0.29, 0.717) is 29.2 Å². The van der Waals surface area contributed by atoms with Gasteiger partial charge in [0.1, 0.15) is 17.3 Å². The Hall–Kier alpha value is -3.80. The van der Waals surface area contributed by atoms with Crippen LogP contribution in [0, 0.1) is 13.8 Å². The summed E-state index contributed by atoms with van der Waals surface area (Å²) in [6.45, 7) is 6.52. The monoisotopic (exact) mass is 445 g/mol. The molecule has 1 unspecified atom stereocenters. The van der Waals surface area contributed by atoms with Crippen molar-refractivity contribution in [1.29, 1.82) is 0 Å². The van der Waals surface area contributed by atoms with Crippen molar-refractivity contribution in [2.45, 2.75) is 39.8 Å². The van der Waals surface area contributed by atoms with Crippen molar-refractivity contribution in [2.75, 3.05) is 6.61 Å². The van der Waals surface area contributed by atoms with E-state index in [1.807, 2.05) is 63.2 Å². The van der Waals surface area contributed by atoms with Crippen molar-refractivity contribution in [1.82, 2.24) is 4.90 Å². The average molecular weight is 446 g/mol. The SMILES string of the molecule is CCCOc1ccc(C2C(=C(O)c3cc(C)ccc3C)C(=O)C(=O)N2Cc2ccco2)cc1. The molecule has 0 aliphatic carbocycles. The van der Waals surface area contributed by atoms with Gasteiger partial charge in [-0.3, -0.25) is 9.59 Å². The van der Waals surface area contributed by atoms with E-state index in [4.69, 9.17) is 9.15 Å². The number of furan rings is 1. The molecule has 6 nitrogen and oxygen atoms in total. The van der Waals surface area contributed by atoms with Crippen molar-refractivity contribution < 1.29 is 23.8 Å². The second-order valence-electron chi connectivity index (χ2n) is 8.24. The lowest BCUT2D eigenvalue weighted by Gasteiger charge is -2.25. The molecule has 4 rings (SSSR count). The highest BCUT2D eigenvalue weighted by Gasteiger charge is 2.46. The maximum absolute atomic E-state index is 13.2. The van der Waals surface area contributed by atoms with Crippen LogP contribution < -0.4 is 4.74 Å². The Morgan fingerprint density at radius 3 is 2.52 bits per heavy atom. The van der Waals surface area contributed by atoms with Crippen LogP contribution in [0.1, 0.15) is 47.4 Å². The molecule has 0 radical (unpaired) electrons. The molecule has 0 saturated carbocycles. The first-order chi connectivity index (χ1) is 15.9. The number of carbonyl (C=O) groups is 2. The number of amides is 1. The lowest BCUT2D eigenvalue weighted by atomic mass is 9.93. The van der Waals surface area contributed by atoms with Crippen LogP contribution in [0.3, 0.4) is 0 Å². The predicted octanol–water partition coefficient (Wildman–Crippen LogP) is 5.31. The molecule has 3 aromatic rings. The fraction of sp³-hybridized carbons (Fsp3) is 0.259. The number of ketones is 1. The number of likely N-dealkylation sites (tertiary alicyclic amines) is 1. The highest BCUT2D eigenvalue weighted by Crippen LogP contribution is 2.41. The Labute approximate surface area is 193 Å². The van der Waals surface area contributed by atoms with E-state index in [2.05, 4.69) is 0 Å². The van der Waals surface area contributed by atoms with E-state index < -0.39 is 17.7 Å². The zero-order valence-electron chi connectivity index (χ0n) is 19.0. The van der Waals surface area contributed by atoms with E-state index in [-0.39, 0.29) is 17.9 Å². The standard InChI is InChI=1S/C27H27NO5/c1-4-13-32-20-11-9-19(10-12-20)24-23(25(29)22-15-17(2)7-8-18(22)3)26(30)27(31)28(24)16-21-6-5-14-33-21/h5-12,14-15,24,29H,4,13,16H2,1-3H3. The molecule has 2 heterocycles. The second-order valence-corrected chi connectivity index (χ2v) is 8.24. The molecule has 1 atom stereocenters. The number of aliphatic hydroxyl groups excluding tert-OH is 1. The van der Waals surface area contributed by atoms with E-state index in [1.54, 1.807) is 12.1 Å². The van der Waals surface area contributed by atoms with Gasteiger partial charge in [0.2, 0.25) is 0 Å². The first-order valence-corrected chi connectivity index (χ1v) is 11.0. The fourth-order valence-electron chi connectivity index (χ4n) is 4.06. The molecular weight excluding hydrogens is 418 g/mol. The van der Waals surface area contributed by atoms with E-state index >= 15 is 0 Å². The number of aryl methyl sites for hydroxylation is 2. The molecule has 1 aliphatic heterocycles. The minimum absolute atomic E-state index is 0.0717. The molecule has 1 fully saturated rings. The summed E-state index contributed by atoms with van der Waals surface area (Å²) in [6, 6.07) is 15.7. The molecule has 33 heavy (non-hydrogen) atoms. The largest absolute Gasteiger partial charge is 0.507 e. The van der Waals surface area contributed by atoms with E-state index in [0.717, 1.165) is 17.5 Å². The molecule has 0 bridgehead atoms. The van der Waals surface area contributed by atoms with Crippen LogP contribution in [0.5, 0.6) is 5.75 Å². The molecule has 1 aromatic heterocycles. The lowest BCUT2D eigenvalue weighted by molar-refractivity contribution is -0.140. The van der Waals surface area contributed by atoms with Crippen LogP contribution in [0.4, 0.5) is 0 Å². The summed E-state index contributed by atoms with van der Waals surface area (Å²) in [5, 5.41) is 11.3. The predicted molar refractivity (Wildman–Crippen MR) is 125 cm³/mol. The topological polar surface area (TPSA) is 80.0 Å². The van der Waals surface area contributed by atoms with Crippen molar-refractivity contribution >= 4 is 17.4 Å². The van der Waals surface area contributed by atoms with Crippen LogP contribution in [-0.2, 0) is 16.1 Å². The van der Waals surface area contributed by atoms with Crippen molar-refractivity contribution in [3.8, 4) is 5.75 Å². The van der Waals surface area contributed by atoms with Crippen molar-refractivity contribution in [2.24, 2.45) is 0 Å². The van der Waals surface area contributed by atoms with Crippen molar-refractivity contribution in [3.63, 3.8) is 0 Å². The summed E-state index contributed by atoms with van der Waals surface area (Å²) < 4.78 is 11.1. The van der Waals surface area contributed by atoms with Gasteiger partial charge in [0, 0.05) is 5.56 Å². The molecule has 6 heteroatoms. The smallest absolute Gasteiger partial charge is 0.296 e. The summed E-state index contributed by atoms with van der Waals surface area (Å²) >= 11 is 0. The number of Topliss-reactive ketones (excluding diaryl/α,β-unsaturated/α-hetero) is 1. The van der Waals surface area contributed by atoms with E-state index in [1.165, 1.54) is 11.2 Å². The van der Waals surface area contributed by atoms with Crippen LogP contribution in [0.25, 0.3) is 5.76 Å². The van der Waals surface area contributed by atoms with Crippen LogP contribution in [-0.4, -0.2) is 28.3 Å². The molecule has 1 N–H and O–H groups in total. The minimum Gasteiger partial charge on any atom is -0.507 e. The summed E-state index contributed by atoms with van der Waals surface area (Å²) in [5.74, 6) is -0.298. The molecule has 2 aromatic carbocycles. The summed E-state index contributed by atoms with van der Waals surface area (Å²) in [4.78, 5) is 27.7. The highest BCUT2D eigenvalue weighted by atomic mass is 16.5. The molecular formula is C27H27NO5. The van der Waals surface area contributed by atoms with Gasteiger partial charge in [-0.25, -0.2) is 0 Å². The number of hydrogen-bond donors (Lipinski definition) is 1. The van der Waals surface area contributed by atoms with E-state index in [9.17, 15) is 14.7 Å². The van der Waals surface area contributed by atoms with Gasteiger partial charge in [-0.1, -0.05) is 36.8 Å². The maximum Gasteiger partial charge on any atom is 0.296 e. The van der Waals surface area contributed by atoms with Crippen LogP contribution in [0.2, 0.25) is 0 Å². The van der Waals surface area contributed by atoms with Gasteiger partial charge in [0.05, 0.1) is 31.0 Å². The number of nitrogens with zero attached hydrogens (tertiary/aromatic N) is 1. The van der Waals surface area contributed by atoms with Gasteiger partial charge in [-0.15, -0.1) is 0 Å². The number of carbonyl (C=O) groups excluding carboxylic acids is 2. The zero-order valence-corrected chi connectivity index (χ0v) is 19.0. The molecule has 0 spiro atoms. The number of aliphatic hydroxyl groups is 1. The normalized spacial score (nSPS) is 17.5. The van der Waals surface area contributed by atoms with Crippen LogP contribution in [0.15, 0.2) is 70.9 Å². The third kappa shape index (κ3) is 4.42. The van der Waals surface area contributed by atoms with Crippen molar-refractivity contribution in [3.05, 3.63) is 94.4 Å². The van der Waals surface area contributed by atoms with Gasteiger partial charge in [-0.05, 0) is 61.7 Å². The number of rotatable bonds is 7. The molecule has 1 amide bonds. The molecule has 1 saturated heterocycles. The van der Waals surface area contributed by atoms with Gasteiger partial charge in [0.25, 0.3) is 11.7 Å². The van der Waals surface area contributed by atoms with Gasteiger partial charge in [-0.2, -0.15) is 0 Å². The Morgan fingerprint density at radius 2 is 1.85 bits per heavy atom. The van der Waals surface area contributed by atoms with Gasteiger partial charge < -0.3 is 19.2 Å². The minimum atomic E-state index is -0.754. The molecule has 170 valence electrons. The maximum atomic E-state index is 13.2. The second kappa shape index (κ2) is 9.36. The third-order valence-corrected chi connectivity index (χ3v) is 5.76. The fourth-order valence-corrected chi connectivity index (χ4v) is 4.06. The Morgan fingerprint density at radius 1 is 1.09 bits per heavy atom. The number of benzene rings is 2. The summed E-state index contributed by atoms with van der Waals surface area (Å²) in [5.41, 5.74) is 3.08.